The van der Waals surface area contributed by atoms with Gasteiger partial charge < -0.3 is 9.73 Å². The second-order valence-corrected chi connectivity index (χ2v) is 6.07. The molecule has 1 heterocycles. The molecule has 2 nitrogen and oxygen atoms in total. The van der Waals surface area contributed by atoms with Crippen LogP contribution in [0.3, 0.4) is 0 Å². The highest BCUT2D eigenvalue weighted by Gasteiger charge is 2.17. The lowest BCUT2D eigenvalue weighted by molar-refractivity contribution is 0.408. The summed E-state index contributed by atoms with van der Waals surface area (Å²) in [5.74, 6) is 1.65. The van der Waals surface area contributed by atoms with Gasteiger partial charge in [0.25, 0.3) is 0 Å². The zero-order valence-corrected chi connectivity index (χ0v) is 13.6. The molecule has 21 heavy (non-hydrogen) atoms. The molecule has 1 N–H and O–H groups in total. The lowest BCUT2D eigenvalue weighted by Gasteiger charge is -2.18. The highest BCUT2D eigenvalue weighted by Crippen LogP contribution is 2.24. The van der Waals surface area contributed by atoms with Crippen LogP contribution in [0, 0.1) is 6.92 Å². The third kappa shape index (κ3) is 4.21. The molecule has 0 aliphatic rings. The van der Waals surface area contributed by atoms with E-state index in [4.69, 9.17) is 4.42 Å². The average Bonchev–Trinajstić information content (AvgIpc) is 2.90. The zero-order valence-electron chi connectivity index (χ0n) is 13.6. The van der Waals surface area contributed by atoms with Gasteiger partial charge in [-0.25, -0.2) is 0 Å². The van der Waals surface area contributed by atoms with Crippen LogP contribution in [0.4, 0.5) is 0 Å². The molecule has 2 rings (SSSR count). The maximum Gasteiger partial charge on any atom is 0.123 e. The maximum atomic E-state index is 5.70. The smallest absolute Gasteiger partial charge is 0.123 e. The lowest BCUT2D eigenvalue weighted by Crippen LogP contribution is -2.24. The Bertz CT molecular complexity index is 539. The van der Waals surface area contributed by atoms with Crippen molar-refractivity contribution < 1.29 is 4.42 Å². The minimum Gasteiger partial charge on any atom is -0.467 e. The van der Waals surface area contributed by atoms with Gasteiger partial charge in [-0.2, -0.15) is 0 Å². The van der Waals surface area contributed by atoms with Crippen LogP contribution in [0.15, 0.2) is 41.0 Å². The van der Waals surface area contributed by atoms with Crippen LogP contribution >= 0.6 is 0 Å². The SMILES string of the molecule is CCCNC(Cc1ccc(C(C)C)cc1)c1occc1C. The predicted octanol–water partition coefficient (Wildman–Crippen LogP) is 4.99. The Morgan fingerprint density at radius 2 is 1.81 bits per heavy atom. The van der Waals surface area contributed by atoms with Gasteiger partial charge in [0.15, 0.2) is 0 Å². The van der Waals surface area contributed by atoms with Gasteiger partial charge in [0.05, 0.1) is 12.3 Å². The molecule has 0 amide bonds. The lowest BCUT2D eigenvalue weighted by atomic mass is 9.97. The molecule has 0 saturated carbocycles. The van der Waals surface area contributed by atoms with E-state index in [0.717, 1.165) is 25.1 Å². The number of furan rings is 1. The van der Waals surface area contributed by atoms with Crippen LogP contribution < -0.4 is 5.32 Å². The maximum absolute atomic E-state index is 5.70. The molecule has 1 aromatic carbocycles. The minimum atomic E-state index is 0.254. The van der Waals surface area contributed by atoms with Crippen molar-refractivity contribution in [2.24, 2.45) is 0 Å². The highest BCUT2D eigenvalue weighted by molar-refractivity contribution is 5.27. The Morgan fingerprint density at radius 3 is 2.33 bits per heavy atom. The van der Waals surface area contributed by atoms with Gasteiger partial charge in [0, 0.05) is 0 Å². The molecule has 0 radical (unpaired) electrons. The first-order valence-corrected chi connectivity index (χ1v) is 7.98. The summed E-state index contributed by atoms with van der Waals surface area (Å²) in [7, 11) is 0. The molecule has 0 aliphatic heterocycles. The number of aryl methyl sites for hydroxylation is 1. The number of rotatable bonds is 7. The third-order valence-corrected chi connectivity index (χ3v) is 3.95. The molecule has 2 heteroatoms. The van der Waals surface area contributed by atoms with Crippen LogP contribution in [-0.4, -0.2) is 6.54 Å². The summed E-state index contributed by atoms with van der Waals surface area (Å²) in [6.45, 7) is 9.77. The number of nitrogens with one attached hydrogen (secondary N) is 1. The third-order valence-electron chi connectivity index (χ3n) is 3.95. The van der Waals surface area contributed by atoms with Gasteiger partial charge in [-0.3, -0.25) is 0 Å². The van der Waals surface area contributed by atoms with Crippen molar-refractivity contribution in [1.29, 1.82) is 0 Å². The number of benzene rings is 1. The Balaban J connectivity index is 2.13. The normalized spacial score (nSPS) is 12.8. The van der Waals surface area contributed by atoms with Crippen LogP contribution in [0.5, 0.6) is 0 Å². The van der Waals surface area contributed by atoms with E-state index in [1.165, 1.54) is 16.7 Å². The van der Waals surface area contributed by atoms with Crippen LogP contribution in [-0.2, 0) is 6.42 Å². The van der Waals surface area contributed by atoms with E-state index in [-0.39, 0.29) is 6.04 Å². The van der Waals surface area contributed by atoms with Gasteiger partial charge >= 0.3 is 0 Å². The molecule has 1 aromatic heterocycles. The fourth-order valence-electron chi connectivity index (χ4n) is 2.59. The van der Waals surface area contributed by atoms with Crippen molar-refractivity contribution >= 4 is 0 Å². The van der Waals surface area contributed by atoms with Crippen molar-refractivity contribution in [1.82, 2.24) is 5.32 Å². The fourth-order valence-corrected chi connectivity index (χ4v) is 2.59. The molecule has 114 valence electrons. The monoisotopic (exact) mass is 285 g/mol. The van der Waals surface area contributed by atoms with Gasteiger partial charge in [-0.15, -0.1) is 0 Å². The summed E-state index contributed by atoms with van der Waals surface area (Å²) < 4.78 is 5.70. The number of hydrogen-bond donors (Lipinski definition) is 1. The predicted molar refractivity (Wildman–Crippen MR) is 88.7 cm³/mol. The molecule has 0 fully saturated rings. The molecule has 2 aromatic rings. The second-order valence-electron chi connectivity index (χ2n) is 6.07. The average molecular weight is 285 g/mol. The second kappa shape index (κ2) is 7.46. The molecule has 1 unspecified atom stereocenters. The first-order valence-electron chi connectivity index (χ1n) is 7.98. The molecular formula is C19H27NO. The van der Waals surface area contributed by atoms with E-state index >= 15 is 0 Å². The van der Waals surface area contributed by atoms with E-state index in [2.05, 4.69) is 57.3 Å². The van der Waals surface area contributed by atoms with E-state index in [1.807, 2.05) is 6.07 Å². The van der Waals surface area contributed by atoms with Crippen LogP contribution in [0.2, 0.25) is 0 Å². The first-order chi connectivity index (χ1) is 10.1. The molecule has 1 atom stereocenters. The molecule has 0 spiro atoms. The zero-order chi connectivity index (χ0) is 15.2. The summed E-state index contributed by atoms with van der Waals surface area (Å²) in [6.07, 6.45) is 3.88. The Morgan fingerprint density at radius 1 is 1.10 bits per heavy atom. The van der Waals surface area contributed by atoms with E-state index in [0.29, 0.717) is 5.92 Å². The van der Waals surface area contributed by atoms with E-state index in [9.17, 15) is 0 Å². The molecular weight excluding hydrogens is 258 g/mol. The summed E-state index contributed by atoms with van der Waals surface area (Å²) in [6, 6.07) is 11.3. The fraction of sp³-hybridized carbons (Fsp3) is 0.474. The van der Waals surface area contributed by atoms with Crippen molar-refractivity contribution in [3.05, 3.63) is 59.0 Å². The van der Waals surface area contributed by atoms with E-state index < -0.39 is 0 Å². The van der Waals surface area contributed by atoms with Gasteiger partial charge in [-0.05, 0) is 55.0 Å². The quantitative estimate of drug-likeness (QED) is 0.775. The van der Waals surface area contributed by atoms with Gasteiger partial charge in [0.1, 0.15) is 5.76 Å². The largest absolute Gasteiger partial charge is 0.467 e. The standard InChI is InChI=1S/C19H27NO/c1-5-11-20-18(19-15(4)10-12-21-19)13-16-6-8-17(9-7-16)14(2)3/h6-10,12,14,18,20H,5,11,13H2,1-4H3. The summed E-state index contributed by atoms with van der Waals surface area (Å²) in [4.78, 5) is 0. The van der Waals surface area contributed by atoms with Crippen molar-refractivity contribution in [2.75, 3.05) is 6.54 Å². The van der Waals surface area contributed by atoms with Gasteiger partial charge in [0.2, 0.25) is 0 Å². The molecule has 0 saturated heterocycles. The Hall–Kier alpha value is -1.54. The van der Waals surface area contributed by atoms with Crippen molar-refractivity contribution in [3.63, 3.8) is 0 Å². The summed E-state index contributed by atoms with van der Waals surface area (Å²) >= 11 is 0. The number of hydrogen-bond acceptors (Lipinski definition) is 2. The van der Waals surface area contributed by atoms with Crippen LogP contribution in [0.1, 0.15) is 61.6 Å². The topological polar surface area (TPSA) is 25.2 Å². The molecule has 0 aliphatic carbocycles. The van der Waals surface area contributed by atoms with Crippen molar-refractivity contribution in [3.8, 4) is 0 Å². The van der Waals surface area contributed by atoms with E-state index in [1.54, 1.807) is 6.26 Å². The highest BCUT2D eigenvalue weighted by atomic mass is 16.3. The van der Waals surface area contributed by atoms with Crippen LogP contribution in [0.25, 0.3) is 0 Å². The Kier molecular flexibility index (Phi) is 5.63. The summed E-state index contributed by atoms with van der Waals surface area (Å²) in [5, 5.41) is 3.60. The minimum absolute atomic E-state index is 0.254. The summed E-state index contributed by atoms with van der Waals surface area (Å²) in [5.41, 5.74) is 3.97. The molecule has 0 bridgehead atoms. The first kappa shape index (κ1) is 15.8. The Labute approximate surface area is 128 Å². The van der Waals surface area contributed by atoms with Gasteiger partial charge in [-0.1, -0.05) is 45.0 Å². The van der Waals surface area contributed by atoms with Crippen molar-refractivity contribution in [2.45, 2.75) is 52.5 Å².